The van der Waals surface area contributed by atoms with Crippen molar-refractivity contribution >= 4 is 11.6 Å². The molecule has 0 saturated heterocycles. The fourth-order valence-electron chi connectivity index (χ4n) is 1.00. The maximum absolute atomic E-state index is 11.9. The van der Waals surface area contributed by atoms with Crippen molar-refractivity contribution in [2.24, 2.45) is 0 Å². The monoisotopic (exact) mass is 233 g/mol. The molecular formula is C10H10F3NO2. The molecule has 0 aliphatic heterocycles. The fraction of sp³-hybridized carbons (Fsp3) is 0.300. The average molecular weight is 233 g/mol. The Morgan fingerprint density at radius 1 is 1.31 bits per heavy atom. The van der Waals surface area contributed by atoms with E-state index in [1.807, 2.05) is 0 Å². The van der Waals surface area contributed by atoms with E-state index in [1.54, 1.807) is 12.2 Å². The van der Waals surface area contributed by atoms with Gasteiger partial charge >= 0.3 is 12.1 Å². The van der Waals surface area contributed by atoms with Gasteiger partial charge in [0, 0.05) is 5.69 Å². The van der Waals surface area contributed by atoms with Crippen molar-refractivity contribution in [1.29, 1.82) is 0 Å². The van der Waals surface area contributed by atoms with Crippen LogP contribution in [0, 0.1) is 0 Å². The van der Waals surface area contributed by atoms with Gasteiger partial charge in [-0.05, 0) is 31.2 Å². The zero-order valence-corrected chi connectivity index (χ0v) is 8.47. The molecule has 0 radical (unpaired) electrons. The molecule has 0 aliphatic carbocycles. The zero-order chi connectivity index (χ0) is 12.2. The van der Waals surface area contributed by atoms with E-state index in [-0.39, 0.29) is 5.69 Å². The summed E-state index contributed by atoms with van der Waals surface area (Å²) in [7, 11) is 0. The van der Waals surface area contributed by atoms with Crippen molar-refractivity contribution in [3.63, 3.8) is 0 Å². The highest BCUT2D eigenvalue weighted by molar-refractivity contribution is 5.94. The van der Waals surface area contributed by atoms with Crippen LogP contribution in [-0.4, -0.2) is 18.7 Å². The number of hydrogen-bond acceptors (Lipinski definition) is 2. The van der Waals surface area contributed by atoms with Crippen molar-refractivity contribution < 1.29 is 22.7 Å². The maximum Gasteiger partial charge on any atom is 0.471 e. The predicted octanol–water partition coefficient (Wildman–Crippen LogP) is 2.59. The molecule has 0 heterocycles. The minimum atomic E-state index is -4.88. The lowest BCUT2D eigenvalue weighted by Gasteiger charge is -2.08. The molecule has 0 spiro atoms. The highest BCUT2D eigenvalue weighted by atomic mass is 19.4. The van der Waals surface area contributed by atoms with Gasteiger partial charge in [0.15, 0.2) is 0 Å². The second kappa shape index (κ2) is 4.87. The van der Waals surface area contributed by atoms with Crippen molar-refractivity contribution in [3.05, 3.63) is 24.3 Å². The molecule has 3 nitrogen and oxygen atoms in total. The minimum Gasteiger partial charge on any atom is -0.494 e. The Bertz CT molecular complexity index is 359. The third kappa shape index (κ3) is 3.45. The molecular weight excluding hydrogens is 223 g/mol. The average Bonchev–Trinajstić information content (AvgIpc) is 2.20. The molecule has 16 heavy (non-hydrogen) atoms. The normalized spacial score (nSPS) is 11.0. The van der Waals surface area contributed by atoms with Crippen molar-refractivity contribution in [2.75, 3.05) is 11.9 Å². The summed E-state index contributed by atoms with van der Waals surface area (Å²) < 4.78 is 40.8. The van der Waals surface area contributed by atoms with Gasteiger partial charge < -0.3 is 10.1 Å². The van der Waals surface area contributed by atoms with E-state index in [0.29, 0.717) is 12.4 Å². The summed E-state index contributed by atoms with van der Waals surface area (Å²) >= 11 is 0. The smallest absolute Gasteiger partial charge is 0.471 e. The number of ether oxygens (including phenoxy) is 1. The number of anilines is 1. The van der Waals surface area contributed by atoms with Gasteiger partial charge in [-0.1, -0.05) is 0 Å². The van der Waals surface area contributed by atoms with Crippen LogP contribution >= 0.6 is 0 Å². The van der Waals surface area contributed by atoms with Crippen LogP contribution in [0.1, 0.15) is 6.92 Å². The standard InChI is InChI=1S/C10H10F3NO2/c1-2-16-8-5-3-7(4-6-8)14-9(15)10(11,12)13/h3-6H,2H2,1H3,(H,14,15). The molecule has 1 aromatic rings. The van der Waals surface area contributed by atoms with Gasteiger partial charge in [-0.3, -0.25) is 4.79 Å². The Morgan fingerprint density at radius 2 is 1.88 bits per heavy atom. The predicted molar refractivity (Wildman–Crippen MR) is 52.3 cm³/mol. The van der Waals surface area contributed by atoms with Crippen molar-refractivity contribution in [1.82, 2.24) is 0 Å². The highest BCUT2D eigenvalue weighted by Gasteiger charge is 2.38. The first-order chi connectivity index (χ1) is 7.43. The van der Waals surface area contributed by atoms with E-state index in [0.717, 1.165) is 0 Å². The summed E-state index contributed by atoms with van der Waals surface area (Å²) in [5.41, 5.74) is 0.0748. The second-order valence-electron chi connectivity index (χ2n) is 2.91. The van der Waals surface area contributed by atoms with Gasteiger partial charge in [-0.2, -0.15) is 13.2 Å². The molecule has 6 heteroatoms. The Morgan fingerprint density at radius 3 is 2.31 bits per heavy atom. The molecule has 0 atom stereocenters. The number of alkyl halides is 3. The molecule has 0 fully saturated rings. The molecule has 1 rings (SSSR count). The van der Waals surface area contributed by atoms with E-state index in [1.165, 1.54) is 24.3 Å². The van der Waals surface area contributed by atoms with Gasteiger partial charge in [0.2, 0.25) is 0 Å². The number of benzene rings is 1. The molecule has 0 unspecified atom stereocenters. The molecule has 1 amide bonds. The van der Waals surface area contributed by atoms with Crippen molar-refractivity contribution in [3.8, 4) is 5.75 Å². The van der Waals surface area contributed by atoms with Crippen LogP contribution in [0.2, 0.25) is 0 Å². The van der Waals surface area contributed by atoms with Gasteiger partial charge in [0.1, 0.15) is 5.75 Å². The molecule has 88 valence electrons. The molecule has 0 saturated carbocycles. The van der Waals surface area contributed by atoms with E-state index in [2.05, 4.69) is 0 Å². The Labute approximate surface area is 90.2 Å². The SMILES string of the molecule is CCOc1ccc(NC(=O)C(F)(F)F)cc1. The number of rotatable bonds is 3. The van der Waals surface area contributed by atoms with Gasteiger partial charge in [-0.15, -0.1) is 0 Å². The van der Waals surface area contributed by atoms with Crippen LogP contribution in [0.3, 0.4) is 0 Å². The summed E-state index contributed by atoms with van der Waals surface area (Å²) in [6.07, 6.45) is -4.88. The quantitative estimate of drug-likeness (QED) is 0.871. The maximum atomic E-state index is 11.9. The van der Waals surface area contributed by atoms with Gasteiger partial charge in [0.25, 0.3) is 0 Å². The van der Waals surface area contributed by atoms with Crippen molar-refractivity contribution in [2.45, 2.75) is 13.1 Å². The zero-order valence-electron chi connectivity index (χ0n) is 8.47. The number of amides is 1. The van der Waals surface area contributed by atoms with E-state index >= 15 is 0 Å². The van der Waals surface area contributed by atoms with E-state index < -0.39 is 12.1 Å². The van der Waals surface area contributed by atoms with Crippen LogP contribution in [0.15, 0.2) is 24.3 Å². The Hall–Kier alpha value is -1.72. The summed E-state index contributed by atoms with van der Waals surface area (Å²) in [5, 5.41) is 1.73. The first-order valence-corrected chi connectivity index (χ1v) is 4.54. The lowest BCUT2D eigenvalue weighted by molar-refractivity contribution is -0.167. The number of nitrogens with one attached hydrogen (secondary N) is 1. The highest BCUT2D eigenvalue weighted by Crippen LogP contribution is 2.20. The summed E-state index contributed by atoms with van der Waals surface area (Å²) in [6, 6.07) is 5.65. The second-order valence-corrected chi connectivity index (χ2v) is 2.91. The van der Waals surface area contributed by atoms with Gasteiger partial charge in [-0.25, -0.2) is 0 Å². The lowest BCUT2D eigenvalue weighted by Crippen LogP contribution is -2.29. The third-order valence-electron chi connectivity index (χ3n) is 1.68. The van der Waals surface area contributed by atoms with Gasteiger partial charge in [0.05, 0.1) is 6.61 Å². The summed E-state index contributed by atoms with van der Waals surface area (Å²) in [4.78, 5) is 10.6. The first kappa shape index (κ1) is 12.4. The van der Waals surface area contributed by atoms with E-state index in [4.69, 9.17) is 4.74 Å². The summed E-state index contributed by atoms with van der Waals surface area (Å²) in [5.74, 6) is -1.45. The number of hydrogen-bond donors (Lipinski definition) is 1. The van der Waals surface area contributed by atoms with E-state index in [9.17, 15) is 18.0 Å². The number of carbonyl (C=O) groups is 1. The minimum absolute atomic E-state index is 0.0748. The van der Waals surface area contributed by atoms with Crippen LogP contribution in [0.25, 0.3) is 0 Å². The third-order valence-corrected chi connectivity index (χ3v) is 1.68. The molecule has 1 aromatic carbocycles. The number of carbonyl (C=O) groups excluding carboxylic acids is 1. The summed E-state index contributed by atoms with van der Waals surface area (Å²) in [6.45, 7) is 2.26. The van der Waals surface area contributed by atoms with Crippen LogP contribution < -0.4 is 10.1 Å². The first-order valence-electron chi connectivity index (χ1n) is 4.54. The number of halogens is 3. The topological polar surface area (TPSA) is 38.3 Å². The van der Waals surface area contributed by atoms with Crippen LogP contribution in [-0.2, 0) is 4.79 Å². The molecule has 0 aromatic heterocycles. The lowest BCUT2D eigenvalue weighted by atomic mass is 10.3. The molecule has 0 bridgehead atoms. The molecule has 1 N–H and O–H groups in total. The largest absolute Gasteiger partial charge is 0.494 e. The fourth-order valence-corrected chi connectivity index (χ4v) is 1.00. The molecule has 0 aliphatic rings. The Balaban J connectivity index is 2.65. The van der Waals surface area contributed by atoms with Crippen LogP contribution in [0.5, 0.6) is 5.75 Å². The van der Waals surface area contributed by atoms with Crippen LogP contribution in [0.4, 0.5) is 18.9 Å². The Kier molecular flexibility index (Phi) is 3.76.